The Bertz CT molecular complexity index is 648. The zero-order valence-corrected chi connectivity index (χ0v) is 12.9. The first-order valence-electron chi connectivity index (χ1n) is 8.47. The number of fused-ring (bicyclic) bond motifs is 1. The van der Waals surface area contributed by atoms with Gasteiger partial charge in [-0.15, -0.1) is 0 Å². The molecule has 1 aromatic heterocycles. The Balaban J connectivity index is 1.55. The van der Waals surface area contributed by atoms with E-state index in [0.29, 0.717) is 5.92 Å². The summed E-state index contributed by atoms with van der Waals surface area (Å²) in [4.78, 5) is 9.56. The molecule has 0 radical (unpaired) electrons. The van der Waals surface area contributed by atoms with Crippen LogP contribution in [0.25, 0.3) is 11.0 Å². The minimum absolute atomic E-state index is 0.642. The highest BCUT2D eigenvalue weighted by Gasteiger charge is 2.25. The average molecular weight is 297 g/mol. The molecule has 2 aromatic rings. The molecular formula is C18H23N3O. The SMILES string of the molecule is c1ccc2nc(OCC3CCNCC3)c(CC3CC3)nc2c1. The summed E-state index contributed by atoms with van der Waals surface area (Å²) >= 11 is 0. The maximum absolute atomic E-state index is 6.11. The molecule has 2 heterocycles. The summed E-state index contributed by atoms with van der Waals surface area (Å²) in [6.45, 7) is 2.98. The van der Waals surface area contributed by atoms with Crippen LogP contribution in [0.1, 0.15) is 31.4 Å². The Morgan fingerprint density at radius 2 is 1.68 bits per heavy atom. The zero-order valence-electron chi connectivity index (χ0n) is 12.9. The number of para-hydroxylation sites is 2. The van der Waals surface area contributed by atoms with Gasteiger partial charge in [0, 0.05) is 0 Å². The van der Waals surface area contributed by atoms with Gasteiger partial charge in [0.2, 0.25) is 5.88 Å². The monoisotopic (exact) mass is 297 g/mol. The molecule has 116 valence electrons. The van der Waals surface area contributed by atoms with Gasteiger partial charge >= 0.3 is 0 Å². The maximum Gasteiger partial charge on any atom is 0.236 e. The molecule has 2 aliphatic rings. The van der Waals surface area contributed by atoms with Crippen LogP contribution in [0.2, 0.25) is 0 Å². The number of rotatable bonds is 5. The number of aromatic nitrogens is 2. The van der Waals surface area contributed by atoms with Gasteiger partial charge < -0.3 is 10.1 Å². The van der Waals surface area contributed by atoms with E-state index in [1.807, 2.05) is 24.3 Å². The first-order valence-corrected chi connectivity index (χ1v) is 8.47. The summed E-state index contributed by atoms with van der Waals surface area (Å²) in [5.74, 6) is 2.20. The molecule has 1 saturated heterocycles. The van der Waals surface area contributed by atoms with Crippen molar-refractivity contribution in [3.05, 3.63) is 30.0 Å². The van der Waals surface area contributed by atoms with Crippen LogP contribution in [0.15, 0.2) is 24.3 Å². The van der Waals surface area contributed by atoms with E-state index in [0.717, 1.165) is 54.6 Å². The normalized spacial score (nSPS) is 19.5. The van der Waals surface area contributed by atoms with E-state index in [1.54, 1.807) is 0 Å². The topological polar surface area (TPSA) is 47.0 Å². The van der Waals surface area contributed by atoms with E-state index in [9.17, 15) is 0 Å². The summed E-state index contributed by atoms with van der Waals surface area (Å²) in [5.41, 5.74) is 2.96. The molecular weight excluding hydrogens is 274 g/mol. The summed E-state index contributed by atoms with van der Waals surface area (Å²) in [6, 6.07) is 8.08. The van der Waals surface area contributed by atoms with Gasteiger partial charge in [-0.1, -0.05) is 12.1 Å². The van der Waals surface area contributed by atoms with Crippen LogP contribution >= 0.6 is 0 Å². The van der Waals surface area contributed by atoms with Gasteiger partial charge in [0.05, 0.1) is 17.6 Å². The Kier molecular flexibility index (Phi) is 3.94. The second-order valence-corrected chi connectivity index (χ2v) is 6.62. The van der Waals surface area contributed by atoms with Crippen molar-refractivity contribution >= 4 is 11.0 Å². The molecule has 0 atom stereocenters. The molecule has 0 bridgehead atoms. The molecule has 22 heavy (non-hydrogen) atoms. The molecule has 4 rings (SSSR count). The number of hydrogen-bond acceptors (Lipinski definition) is 4. The summed E-state index contributed by atoms with van der Waals surface area (Å²) in [5, 5.41) is 3.40. The average Bonchev–Trinajstić information content (AvgIpc) is 3.38. The van der Waals surface area contributed by atoms with Crippen molar-refractivity contribution in [2.75, 3.05) is 19.7 Å². The lowest BCUT2D eigenvalue weighted by atomic mass is 9.99. The van der Waals surface area contributed by atoms with E-state index in [2.05, 4.69) is 5.32 Å². The van der Waals surface area contributed by atoms with Crippen LogP contribution in [0.4, 0.5) is 0 Å². The predicted octanol–water partition coefficient (Wildman–Crippen LogP) is 2.96. The largest absolute Gasteiger partial charge is 0.476 e. The van der Waals surface area contributed by atoms with Crippen molar-refractivity contribution in [1.29, 1.82) is 0 Å². The van der Waals surface area contributed by atoms with E-state index in [1.165, 1.54) is 25.7 Å². The van der Waals surface area contributed by atoms with E-state index in [4.69, 9.17) is 14.7 Å². The Hall–Kier alpha value is -1.68. The van der Waals surface area contributed by atoms with Crippen molar-refractivity contribution in [3.63, 3.8) is 0 Å². The summed E-state index contributed by atoms with van der Waals surface area (Å²) in [7, 11) is 0. The molecule has 0 unspecified atom stereocenters. The zero-order chi connectivity index (χ0) is 14.8. The minimum Gasteiger partial charge on any atom is -0.476 e. The Labute approximate surface area is 131 Å². The fourth-order valence-corrected chi connectivity index (χ4v) is 3.11. The van der Waals surface area contributed by atoms with Crippen LogP contribution in [0.5, 0.6) is 5.88 Å². The van der Waals surface area contributed by atoms with Crippen LogP contribution in [0.3, 0.4) is 0 Å². The first-order chi connectivity index (χ1) is 10.9. The minimum atomic E-state index is 0.642. The van der Waals surface area contributed by atoms with Crippen LogP contribution in [0, 0.1) is 11.8 Å². The standard InChI is InChI=1S/C18H23N3O/c1-2-4-16-15(3-1)20-17(11-13-5-6-13)18(21-16)22-12-14-7-9-19-10-8-14/h1-4,13-14,19H,5-12H2. The summed E-state index contributed by atoms with van der Waals surface area (Å²) < 4.78 is 6.11. The summed E-state index contributed by atoms with van der Waals surface area (Å²) in [6.07, 6.45) is 6.04. The fraction of sp³-hybridized carbons (Fsp3) is 0.556. The van der Waals surface area contributed by atoms with E-state index >= 15 is 0 Å². The third-order valence-corrected chi connectivity index (χ3v) is 4.70. The van der Waals surface area contributed by atoms with E-state index < -0.39 is 0 Å². The van der Waals surface area contributed by atoms with Crippen molar-refractivity contribution in [1.82, 2.24) is 15.3 Å². The number of piperidine rings is 1. The molecule has 0 amide bonds. The lowest BCUT2D eigenvalue weighted by molar-refractivity contribution is 0.207. The van der Waals surface area contributed by atoms with Crippen molar-refractivity contribution in [3.8, 4) is 5.88 Å². The van der Waals surface area contributed by atoms with Gasteiger partial charge in [0.25, 0.3) is 0 Å². The molecule has 0 spiro atoms. The van der Waals surface area contributed by atoms with Crippen LogP contribution in [-0.2, 0) is 6.42 Å². The number of nitrogens with zero attached hydrogens (tertiary/aromatic N) is 2. The van der Waals surface area contributed by atoms with Gasteiger partial charge in [-0.2, -0.15) is 0 Å². The lowest BCUT2D eigenvalue weighted by Gasteiger charge is -2.22. The van der Waals surface area contributed by atoms with Crippen LogP contribution in [-0.4, -0.2) is 29.7 Å². The second-order valence-electron chi connectivity index (χ2n) is 6.62. The molecule has 2 fully saturated rings. The third-order valence-electron chi connectivity index (χ3n) is 4.70. The molecule has 1 saturated carbocycles. The van der Waals surface area contributed by atoms with E-state index in [-0.39, 0.29) is 0 Å². The molecule has 1 aromatic carbocycles. The molecule has 1 aliphatic carbocycles. The quantitative estimate of drug-likeness (QED) is 0.921. The van der Waals surface area contributed by atoms with Gasteiger partial charge in [-0.3, -0.25) is 0 Å². The Morgan fingerprint density at radius 3 is 2.41 bits per heavy atom. The highest BCUT2D eigenvalue weighted by Crippen LogP contribution is 2.34. The van der Waals surface area contributed by atoms with Gasteiger partial charge in [0.15, 0.2) is 0 Å². The lowest BCUT2D eigenvalue weighted by Crippen LogP contribution is -2.30. The highest BCUT2D eigenvalue weighted by molar-refractivity contribution is 5.74. The van der Waals surface area contributed by atoms with Gasteiger partial charge in [0.1, 0.15) is 5.69 Å². The number of ether oxygens (including phenoxy) is 1. The van der Waals surface area contributed by atoms with Crippen molar-refractivity contribution in [2.45, 2.75) is 32.1 Å². The highest BCUT2D eigenvalue weighted by atomic mass is 16.5. The van der Waals surface area contributed by atoms with Crippen molar-refractivity contribution in [2.24, 2.45) is 11.8 Å². The molecule has 1 aliphatic heterocycles. The Morgan fingerprint density at radius 1 is 0.955 bits per heavy atom. The molecule has 4 heteroatoms. The molecule has 1 N–H and O–H groups in total. The van der Waals surface area contributed by atoms with Crippen LogP contribution < -0.4 is 10.1 Å². The molecule has 4 nitrogen and oxygen atoms in total. The van der Waals surface area contributed by atoms with Gasteiger partial charge in [-0.25, -0.2) is 9.97 Å². The maximum atomic E-state index is 6.11. The smallest absolute Gasteiger partial charge is 0.236 e. The van der Waals surface area contributed by atoms with Crippen molar-refractivity contribution < 1.29 is 4.74 Å². The fourth-order valence-electron chi connectivity index (χ4n) is 3.11. The third kappa shape index (κ3) is 3.22. The van der Waals surface area contributed by atoms with Gasteiger partial charge in [-0.05, 0) is 69.2 Å². The second kappa shape index (κ2) is 6.21. The predicted molar refractivity (Wildman–Crippen MR) is 87.1 cm³/mol. The first kappa shape index (κ1) is 13.9. The number of nitrogens with one attached hydrogen (secondary N) is 1. The number of hydrogen-bond donors (Lipinski definition) is 1. The number of benzene rings is 1.